The van der Waals surface area contributed by atoms with Gasteiger partial charge < -0.3 is 9.52 Å². The third-order valence-corrected chi connectivity index (χ3v) is 10.5. The van der Waals surface area contributed by atoms with Crippen LogP contribution < -0.4 is 0 Å². The minimum Gasteiger partial charge on any atom is -0.472 e. The molecule has 2 fully saturated rings. The van der Waals surface area contributed by atoms with Gasteiger partial charge in [-0.3, -0.25) is 4.79 Å². The minimum absolute atomic E-state index is 0.292. The lowest BCUT2D eigenvalue weighted by Gasteiger charge is -2.63. The van der Waals surface area contributed by atoms with Crippen LogP contribution in [-0.2, 0) is 4.79 Å². The van der Waals surface area contributed by atoms with Gasteiger partial charge in [-0.25, -0.2) is 0 Å². The highest BCUT2D eigenvalue weighted by Gasteiger charge is 2.62. The quantitative estimate of drug-likeness (QED) is 0.496. The molecule has 3 nitrogen and oxygen atoms in total. The van der Waals surface area contributed by atoms with Crippen molar-refractivity contribution in [3.05, 3.63) is 71.2 Å². The van der Waals surface area contributed by atoms with Crippen molar-refractivity contribution >= 4 is 17.4 Å². The van der Waals surface area contributed by atoms with Gasteiger partial charge in [-0.1, -0.05) is 54.4 Å². The second-order valence-corrected chi connectivity index (χ2v) is 11.8. The van der Waals surface area contributed by atoms with E-state index in [9.17, 15) is 9.90 Å². The first-order valence-electron chi connectivity index (χ1n) is 12.7. The highest BCUT2D eigenvalue weighted by Crippen LogP contribution is 2.67. The van der Waals surface area contributed by atoms with Crippen LogP contribution >= 0.6 is 11.6 Å². The van der Waals surface area contributed by atoms with Crippen LogP contribution in [0.1, 0.15) is 63.9 Å². The lowest BCUT2D eigenvalue weighted by Crippen LogP contribution is -2.60. The molecule has 1 aromatic heterocycles. The molecule has 0 bridgehead atoms. The van der Waals surface area contributed by atoms with Crippen molar-refractivity contribution in [1.82, 2.24) is 0 Å². The van der Waals surface area contributed by atoms with Crippen molar-refractivity contribution in [2.45, 2.75) is 63.9 Å². The highest BCUT2D eigenvalue weighted by atomic mass is 35.5. The van der Waals surface area contributed by atoms with Crippen LogP contribution in [0.25, 0.3) is 11.1 Å². The van der Waals surface area contributed by atoms with Crippen LogP contribution in [0.2, 0.25) is 0 Å². The van der Waals surface area contributed by atoms with Gasteiger partial charge in [0.2, 0.25) is 0 Å². The summed E-state index contributed by atoms with van der Waals surface area (Å²) >= 11 is 6.65. The Bertz CT molecular complexity index is 1160. The lowest BCUT2D eigenvalue weighted by molar-refractivity contribution is -0.141. The Morgan fingerprint density at radius 2 is 1.82 bits per heavy atom. The van der Waals surface area contributed by atoms with Gasteiger partial charge in [-0.15, -0.1) is 0 Å². The van der Waals surface area contributed by atoms with E-state index in [1.807, 2.05) is 19.1 Å². The molecule has 1 N–H and O–H groups in total. The maximum absolute atomic E-state index is 12.2. The van der Waals surface area contributed by atoms with Crippen molar-refractivity contribution in [2.75, 3.05) is 0 Å². The summed E-state index contributed by atoms with van der Waals surface area (Å²) in [6.45, 7) is 4.19. The average molecular weight is 477 g/mol. The molecule has 0 aliphatic heterocycles. The van der Waals surface area contributed by atoms with E-state index in [-0.39, 0.29) is 5.41 Å². The number of hydrogen-bond donors (Lipinski definition) is 1. The average Bonchev–Trinajstić information content (AvgIpc) is 3.36. The fraction of sp³-hybridized carbons (Fsp3) is 0.500. The first kappa shape index (κ1) is 22.4. The van der Waals surface area contributed by atoms with E-state index in [4.69, 9.17) is 16.0 Å². The van der Waals surface area contributed by atoms with Crippen LogP contribution in [0.15, 0.2) is 70.0 Å². The van der Waals surface area contributed by atoms with Crippen LogP contribution in [0.5, 0.6) is 0 Å². The Kier molecular flexibility index (Phi) is 5.24. The molecule has 0 radical (unpaired) electrons. The van der Waals surface area contributed by atoms with Gasteiger partial charge in [0.15, 0.2) is 5.78 Å². The van der Waals surface area contributed by atoms with Gasteiger partial charge in [-0.2, -0.15) is 0 Å². The first-order valence-corrected chi connectivity index (χ1v) is 13.1. The van der Waals surface area contributed by atoms with Crippen LogP contribution in [-0.4, -0.2) is 16.5 Å². The number of allylic oxidation sites excluding steroid dienone is 3. The molecule has 0 amide bonds. The van der Waals surface area contributed by atoms with Gasteiger partial charge in [0, 0.05) is 22.4 Å². The molecule has 1 unspecified atom stereocenters. The van der Waals surface area contributed by atoms with Crippen molar-refractivity contribution in [2.24, 2.45) is 29.1 Å². The fourth-order valence-corrected chi connectivity index (χ4v) is 8.35. The summed E-state index contributed by atoms with van der Waals surface area (Å²) in [4.78, 5) is 12.2. The van der Waals surface area contributed by atoms with E-state index < -0.39 is 5.60 Å². The van der Waals surface area contributed by atoms with E-state index in [0.717, 1.165) is 43.2 Å². The molecule has 4 aliphatic rings. The van der Waals surface area contributed by atoms with Gasteiger partial charge in [0.25, 0.3) is 0 Å². The Labute approximate surface area is 206 Å². The molecule has 4 heteroatoms. The second-order valence-electron chi connectivity index (χ2n) is 11.4. The summed E-state index contributed by atoms with van der Waals surface area (Å²) in [7, 11) is 0. The number of hydrogen-bond acceptors (Lipinski definition) is 3. The predicted octanol–water partition coefficient (Wildman–Crippen LogP) is 7.27. The zero-order chi connectivity index (χ0) is 23.7. The lowest BCUT2D eigenvalue weighted by atomic mass is 9.43. The summed E-state index contributed by atoms with van der Waals surface area (Å²) in [5.41, 5.74) is 3.62. The topological polar surface area (TPSA) is 50.4 Å². The Morgan fingerprint density at radius 3 is 2.56 bits per heavy atom. The zero-order valence-corrected chi connectivity index (χ0v) is 20.7. The van der Waals surface area contributed by atoms with E-state index in [0.29, 0.717) is 46.8 Å². The summed E-state index contributed by atoms with van der Waals surface area (Å²) in [6.07, 6.45) is 13.1. The third-order valence-electron chi connectivity index (χ3n) is 10.0. The van der Waals surface area contributed by atoms with Gasteiger partial charge >= 0.3 is 0 Å². The molecule has 6 rings (SSSR count). The van der Waals surface area contributed by atoms with Crippen molar-refractivity contribution in [3.63, 3.8) is 0 Å². The van der Waals surface area contributed by atoms with E-state index in [1.165, 1.54) is 11.1 Å². The van der Waals surface area contributed by atoms with Gasteiger partial charge in [0.1, 0.15) is 5.60 Å². The normalized spacial score (nSPS) is 39.4. The molecule has 34 heavy (non-hydrogen) atoms. The molecule has 1 aromatic carbocycles. The fourth-order valence-electron chi connectivity index (χ4n) is 8.04. The van der Waals surface area contributed by atoms with Crippen LogP contribution in [0.3, 0.4) is 0 Å². The summed E-state index contributed by atoms with van der Waals surface area (Å²) in [5.74, 6) is 2.48. The smallest absolute Gasteiger partial charge is 0.155 e. The number of ketones is 1. The van der Waals surface area contributed by atoms with Crippen LogP contribution in [0.4, 0.5) is 0 Å². The molecular weight excluding hydrogens is 444 g/mol. The predicted molar refractivity (Wildman–Crippen MR) is 134 cm³/mol. The Balaban J connectivity index is 1.45. The van der Waals surface area contributed by atoms with Gasteiger partial charge in [0.05, 0.1) is 12.5 Å². The zero-order valence-electron chi connectivity index (χ0n) is 20.0. The summed E-state index contributed by atoms with van der Waals surface area (Å²) in [5, 5.41) is 12.3. The Hall–Kier alpha value is -2.10. The molecule has 0 spiro atoms. The second kappa shape index (κ2) is 7.96. The standard InChI is InChI=1S/C30H33ClO3/c1-29-16-25(19-5-3-18(4-6-19)21-13-14-34-17-21)28-23-10-8-22(32)15-20(23)7-9-24(28)26(29)11-12-27(31)30(29,2)33/h3-6,12-15,17,23-26,28,33H,7-11,16H2,1-2H3/t23-,24-,25+,26-,28+,29-,30?/m0/s1. The monoisotopic (exact) mass is 476 g/mol. The number of carbonyl (C=O) groups excluding carboxylic acids is 1. The first-order chi connectivity index (χ1) is 16.3. The molecule has 1 heterocycles. The van der Waals surface area contributed by atoms with Crippen molar-refractivity contribution < 1.29 is 14.3 Å². The molecular formula is C30H33ClO3. The number of halogens is 1. The number of furan rings is 1. The number of carbonyl (C=O) groups is 1. The largest absolute Gasteiger partial charge is 0.472 e. The summed E-state index contributed by atoms with van der Waals surface area (Å²) in [6, 6.07) is 10.9. The molecule has 4 aliphatic carbocycles. The molecule has 0 saturated heterocycles. The van der Waals surface area contributed by atoms with E-state index in [1.54, 1.807) is 12.5 Å². The maximum atomic E-state index is 12.2. The number of fused-ring (bicyclic) bond motifs is 5. The van der Waals surface area contributed by atoms with Crippen molar-refractivity contribution in [1.29, 1.82) is 0 Å². The molecule has 2 aromatic rings. The van der Waals surface area contributed by atoms with E-state index >= 15 is 0 Å². The van der Waals surface area contributed by atoms with Crippen LogP contribution in [0, 0.1) is 29.1 Å². The van der Waals surface area contributed by atoms with E-state index in [2.05, 4.69) is 37.3 Å². The van der Waals surface area contributed by atoms with Crippen molar-refractivity contribution in [3.8, 4) is 11.1 Å². The molecule has 7 atom stereocenters. The number of rotatable bonds is 2. The van der Waals surface area contributed by atoms with Gasteiger partial charge in [-0.05, 0) is 91.9 Å². The number of aliphatic hydroxyl groups is 1. The maximum Gasteiger partial charge on any atom is 0.155 e. The summed E-state index contributed by atoms with van der Waals surface area (Å²) < 4.78 is 5.28. The Morgan fingerprint density at radius 1 is 1.03 bits per heavy atom. The SMILES string of the molecule is CC1(O)C(Cl)=CC[C@H]2[C@@H]3CCC4=CC(=O)CC[C@@H]4[C@H]3[C@@H](c3ccc(-c4ccoc4)cc3)C[C@@]21C. The minimum atomic E-state index is -1.03. The third kappa shape index (κ3) is 3.23. The number of benzene rings is 1. The molecule has 178 valence electrons. The molecule has 2 saturated carbocycles. The highest BCUT2D eigenvalue weighted by molar-refractivity contribution is 6.30.